The first-order chi connectivity index (χ1) is 45.4. The zero-order chi connectivity index (χ0) is 68.0. The number of rotatable bonds is 28. The van der Waals surface area contributed by atoms with Gasteiger partial charge in [-0.05, 0) is 123 Å². The van der Waals surface area contributed by atoms with E-state index in [1.807, 2.05) is 67.6 Å². The Kier molecular flexibility index (Phi) is 23.3. The second-order valence-corrected chi connectivity index (χ2v) is 26.2. The minimum absolute atomic E-state index is 0.0325. The van der Waals surface area contributed by atoms with Gasteiger partial charge in [0.05, 0.1) is 48.9 Å². The lowest BCUT2D eigenvalue weighted by atomic mass is 9.96. The number of nitrogens with two attached hydrogens (primary N) is 1. The highest BCUT2D eigenvalue weighted by atomic mass is 35.5. The van der Waals surface area contributed by atoms with E-state index in [0.717, 1.165) is 48.3 Å². The molecule has 3 aromatic heterocycles. The number of anilines is 1. The Morgan fingerprint density at radius 1 is 0.842 bits per heavy atom. The number of likely N-dealkylation sites (N-methyl/N-ethyl adjacent to an activating group) is 1. The van der Waals surface area contributed by atoms with Crippen molar-refractivity contribution in [1.29, 1.82) is 0 Å². The Bertz CT molecular complexity index is 4010. The molecule has 0 radical (unpaired) electrons. The maximum Gasteiger partial charge on any atom is 0.408 e. The summed E-state index contributed by atoms with van der Waals surface area (Å²) in [5.74, 6) is -0.954. The lowest BCUT2D eigenvalue weighted by Gasteiger charge is -2.42. The van der Waals surface area contributed by atoms with E-state index >= 15 is 0 Å². The van der Waals surface area contributed by atoms with Gasteiger partial charge in [0.2, 0.25) is 23.8 Å². The number of benzene rings is 5. The van der Waals surface area contributed by atoms with Crippen LogP contribution < -0.4 is 45.9 Å². The van der Waals surface area contributed by atoms with Crippen molar-refractivity contribution in [3.63, 3.8) is 0 Å². The van der Waals surface area contributed by atoms with Gasteiger partial charge in [-0.3, -0.25) is 14.5 Å². The fraction of sp³-hybridized carbons (Fsp3) is 0.357. The Morgan fingerprint density at radius 3 is 2.25 bits per heavy atom. The summed E-state index contributed by atoms with van der Waals surface area (Å²) in [5, 5.41) is 22.5. The SMILES string of the molecule is COc1ccccc1-c1nccc(COc2ccccc2C[C@@H](Oc2ncnc3sc(-c4ccc(F)cc4)c(-c4ccc(OCCN5CC[N+](C)(Cc6ccc(NC(=O)[C@H](CCCNC(N)=O)NC(=O)[C@@H](NC(=O)OC(C)(C)C)C(C)C)cc6)CC5)c(Cl)c4C)c23)C(=O)O)n1. The number of halogens is 2. The van der Waals surface area contributed by atoms with Gasteiger partial charge in [-0.2, -0.15) is 0 Å². The number of alkyl carbamates (subject to hydrolysis) is 1. The fourth-order valence-electron chi connectivity index (χ4n) is 11.1. The molecule has 95 heavy (non-hydrogen) atoms. The third-order valence-electron chi connectivity index (χ3n) is 16.1. The van der Waals surface area contributed by atoms with Crippen molar-refractivity contribution in [2.75, 3.05) is 65.3 Å². The largest absolute Gasteiger partial charge is 0.496 e. The number of hydrogen-bond donors (Lipinski definition) is 6. The molecule has 8 aromatic rings. The number of aromatic nitrogens is 4. The molecule has 0 bridgehead atoms. The van der Waals surface area contributed by atoms with E-state index in [1.54, 1.807) is 90.4 Å². The molecule has 4 heterocycles. The van der Waals surface area contributed by atoms with Gasteiger partial charge in [-0.25, -0.2) is 38.7 Å². The smallest absolute Gasteiger partial charge is 0.408 e. The van der Waals surface area contributed by atoms with Crippen LogP contribution in [0.2, 0.25) is 5.02 Å². The third-order valence-corrected chi connectivity index (χ3v) is 17.7. The van der Waals surface area contributed by atoms with Gasteiger partial charge in [0.1, 0.15) is 71.7 Å². The van der Waals surface area contributed by atoms with Crippen molar-refractivity contribution in [3.8, 4) is 56.1 Å². The number of thiophene rings is 1. The van der Waals surface area contributed by atoms with Crippen molar-refractivity contribution in [3.05, 3.63) is 161 Å². The zero-order valence-corrected chi connectivity index (χ0v) is 55.9. The quantitative estimate of drug-likeness (QED) is 0.0196. The topological polar surface area (TPSA) is 281 Å². The molecule has 5 amide bonds. The summed E-state index contributed by atoms with van der Waals surface area (Å²) in [6, 6.07) is 31.1. The highest BCUT2D eigenvalue weighted by Gasteiger charge is 2.33. The molecule has 0 spiro atoms. The minimum Gasteiger partial charge on any atom is -0.496 e. The van der Waals surface area contributed by atoms with E-state index in [-0.39, 0.29) is 37.8 Å². The Morgan fingerprint density at radius 2 is 1.56 bits per heavy atom. The molecular formula is C70H80ClFN11O11S+. The number of carbonyl (C=O) groups excluding carboxylic acids is 4. The van der Waals surface area contributed by atoms with Crippen molar-refractivity contribution < 1.29 is 61.6 Å². The minimum atomic E-state index is -1.43. The Balaban J connectivity index is 0.831. The number of carboxylic acids is 1. The number of para-hydroxylation sites is 2. The van der Waals surface area contributed by atoms with E-state index < -0.39 is 59.5 Å². The molecule has 25 heteroatoms. The molecule has 9 rings (SSSR count). The van der Waals surface area contributed by atoms with Crippen LogP contribution in [0.1, 0.15) is 69.8 Å². The number of nitrogens with zero attached hydrogens (tertiary/aromatic N) is 6. The van der Waals surface area contributed by atoms with Gasteiger partial charge in [0.25, 0.3) is 0 Å². The summed E-state index contributed by atoms with van der Waals surface area (Å²) in [7, 11) is 3.81. The monoisotopic (exact) mass is 1340 g/mol. The molecule has 1 fully saturated rings. The third kappa shape index (κ3) is 18.7. The van der Waals surface area contributed by atoms with Crippen molar-refractivity contribution in [2.24, 2.45) is 11.7 Å². The average molecular weight is 1340 g/mol. The first-order valence-electron chi connectivity index (χ1n) is 31.2. The van der Waals surface area contributed by atoms with Crippen molar-refractivity contribution in [2.45, 2.75) is 97.7 Å². The summed E-state index contributed by atoms with van der Waals surface area (Å²) in [6.07, 6.45) is 1.20. The molecule has 0 unspecified atom stereocenters. The van der Waals surface area contributed by atoms with Crippen LogP contribution in [-0.4, -0.2) is 148 Å². The van der Waals surface area contributed by atoms with Crippen LogP contribution in [-0.2, 0) is 38.7 Å². The second-order valence-electron chi connectivity index (χ2n) is 24.8. The molecule has 5 aromatic carbocycles. The molecule has 0 aliphatic carbocycles. The zero-order valence-electron chi connectivity index (χ0n) is 54.4. The number of amides is 5. The number of carbonyl (C=O) groups is 5. The summed E-state index contributed by atoms with van der Waals surface area (Å²) in [5.41, 5.74) is 10.6. The van der Waals surface area contributed by atoms with E-state index in [2.05, 4.69) is 48.2 Å². The maximum absolute atomic E-state index is 14.5. The fourth-order valence-corrected chi connectivity index (χ4v) is 12.4. The number of nitrogens with one attached hydrogen (secondary N) is 4. The van der Waals surface area contributed by atoms with Gasteiger partial charge in [-0.15, -0.1) is 11.3 Å². The van der Waals surface area contributed by atoms with E-state index in [4.69, 9.17) is 46.0 Å². The van der Waals surface area contributed by atoms with Crippen LogP contribution >= 0.6 is 22.9 Å². The first-order valence-corrected chi connectivity index (χ1v) is 32.4. The Labute approximate surface area is 560 Å². The van der Waals surface area contributed by atoms with E-state index in [9.17, 15) is 33.5 Å². The first kappa shape index (κ1) is 69.8. The number of hydrogen-bond acceptors (Lipinski definition) is 16. The summed E-state index contributed by atoms with van der Waals surface area (Å²) < 4.78 is 45.3. The molecule has 1 aliphatic heterocycles. The predicted octanol–water partition coefficient (Wildman–Crippen LogP) is 11.0. The van der Waals surface area contributed by atoms with Gasteiger partial charge < -0.3 is 60.3 Å². The van der Waals surface area contributed by atoms with Crippen LogP contribution in [0.25, 0.3) is 43.2 Å². The van der Waals surface area contributed by atoms with Crippen LogP contribution in [0.15, 0.2) is 128 Å². The number of methoxy groups -OCH3 is 1. The van der Waals surface area contributed by atoms with E-state index in [0.29, 0.717) is 102 Å². The average Bonchev–Trinajstić information content (AvgIpc) is 1.61. The number of piperazine rings is 1. The molecule has 3 atom stereocenters. The molecule has 0 saturated carbocycles. The molecular weight excluding hydrogens is 1260 g/mol. The molecule has 22 nitrogen and oxygen atoms in total. The van der Waals surface area contributed by atoms with Gasteiger partial charge in [0.15, 0.2) is 5.82 Å². The summed E-state index contributed by atoms with van der Waals surface area (Å²) in [6.45, 7) is 16.0. The predicted molar refractivity (Wildman–Crippen MR) is 362 cm³/mol. The molecule has 500 valence electrons. The van der Waals surface area contributed by atoms with Crippen molar-refractivity contribution >= 4 is 68.7 Å². The van der Waals surface area contributed by atoms with E-state index in [1.165, 1.54) is 29.8 Å². The van der Waals surface area contributed by atoms with Crippen LogP contribution in [0.4, 0.5) is 19.7 Å². The normalized spacial score (nSPS) is 14.1. The summed E-state index contributed by atoms with van der Waals surface area (Å²) >= 11 is 8.57. The molecule has 1 saturated heterocycles. The lowest BCUT2D eigenvalue weighted by Crippen LogP contribution is -2.57. The number of fused-ring (bicyclic) bond motifs is 1. The molecule has 7 N–H and O–H groups in total. The number of ether oxygens (including phenoxy) is 5. The number of aliphatic carboxylic acids is 1. The van der Waals surface area contributed by atoms with Crippen molar-refractivity contribution in [1.82, 2.24) is 40.8 Å². The van der Waals surface area contributed by atoms with Crippen LogP contribution in [0, 0.1) is 18.7 Å². The number of quaternary nitrogens is 1. The highest BCUT2D eigenvalue weighted by Crippen LogP contribution is 2.50. The number of primary amides is 1. The van der Waals surface area contributed by atoms with Gasteiger partial charge in [-0.1, -0.05) is 86.1 Å². The van der Waals surface area contributed by atoms with Crippen LogP contribution in [0.3, 0.4) is 0 Å². The maximum atomic E-state index is 14.5. The number of urea groups is 1. The van der Waals surface area contributed by atoms with Gasteiger partial charge in [0, 0.05) is 60.5 Å². The second kappa shape index (κ2) is 31.6. The Hall–Kier alpha value is -9.49. The summed E-state index contributed by atoms with van der Waals surface area (Å²) in [4.78, 5) is 86.5. The standard InChI is InChI=1S/C70H79ClFN11O11S/c1-42(2)60(81-69(89)94-70(4,5)6)64(85)80-52(16-13-30-75-68(73)88)63(84)79-48-25-19-44(20-26-48)39-83(7)35-32-82(33-36-83)34-37-91-55-28-27-50(43(3)59(55)71)57-58-65(76-41-77-66(58)95-61(57)45-21-23-47(72)24-22-45)93-56(67(86)87)38-46-14-9-11-17-53(46)92-40-49-29-31-74-62(78-49)51-15-10-12-18-54(51)90-8/h9-12,14-15,17-29,31,41-42,52,56,60H,13,16,30,32-40H2,1-8H3,(H6-,73,75,79,80,81,84,85,86,87,88,89)/p+1/t52-,56+,60-/m0/s1. The van der Waals surface area contributed by atoms with Gasteiger partial charge >= 0.3 is 18.1 Å². The highest BCUT2D eigenvalue weighted by molar-refractivity contribution is 7.22. The molecule has 1 aliphatic rings. The lowest BCUT2D eigenvalue weighted by molar-refractivity contribution is -0.926. The van der Waals surface area contributed by atoms with Crippen LogP contribution in [0.5, 0.6) is 23.1 Å². The number of carboxylic acid groups (broad SMARTS) is 1.